The van der Waals surface area contributed by atoms with Gasteiger partial charge in [-0.1, -0.05) is 48.5 Å². The van der Waals surface area contributed by atoms with E-state index in [9.17, 15) is 0 Å². The maximum Gasteiger partial charge on any atom is 0.135 e. The summed E-state index contributed by atoms with van der Waals surface area (Å²) in [4.78, 5) is 0. The van der Waals surface area contributed by atoms with Crippen molar-refractivity contribution in [3.05, 3.63) is 107 Å². The minimum Gasteiger partial charge on any atom is -0.456 e. The molecule has 0 saturated heterocycles. The first-order chi connectivity index (χ1) is 16.2. The molecular formula is C30H17IO2. The number of halogens is 1. The smallest absolute Gasteiger partial charge is 0.135 e. The molecule has 0 amide bonds. The lowest BCUT2D eigenvalue weighted by atomic mass is 9.97. The number of rotatable bonds is 2. The first kappa shape index (κ1) is 18.9. The number of hydrogen-bond donors (Lipinski definition) is 0. The summed E-state index contributed by atoms with van der Waals surface area (Å²) in [6.45, 7) is 0. The van der Waals surface area contributed by atoms with Crippen LogP contribution in [0, 0.1) is 3.57 Å². The van der Waals surface area contributed by atoms with Crippen molar-refractivity contribution in [3.8, 4) is 22.3 Å². The van der Waals surface area contributed by atoms with E-state index in [2.05, 4.69) is 108 Å². The molecular weight excluding hydrogens is 519 g/mol. The van der Waals surface area contributed by atoms with Crippen LogP contribution in [-0.4, -0.2) is 0 Å². The molecule has 0 radical (unpaired) electrons. The average molecular weight is 536 g/mol. The molecule has 2 nitrogen and oxygen atoms in total. The third kappa shape index (κ3) is 3.07. The average Bonchev–Trinajstić information content (AvgIpc) is 3.41. The summed E-state index contributed by atoms with van der Waals surface area (Å²) in [6.07, 6.45) is 0. The minimum atomic E-state index is 0.919. The van der Waals surface area contributed by atoms with Gasteiger partial charge in [0.2, 0.25) is 0 Å². The van der Waals surface area contributed by atoms with E-state index >= 15 is 0 Å². The molecule has 0 unspecified atom stereocenters. The molecule has 156 valence electrons. The largest absolute Gasteiger partial charge is 0.456 e. The van der Waals surface area contributed by atoms with Gasteiger partial charge in [0.05, 0.1) is 0 Å². The maximum absolute atomic E-state index is 6.05. The van der Waals surface area contributed by atoms with Gasteiger partial charge in [0.1, 0.15) is 22.3 Å². The Bertz CT molecular complexity index is 1840. The van der Waals surface area contributed by atoms with Crippen LogP contribution in [0.15, 0.2) is 112 Å². The summed E-state index contributed by atoms with van der Waals surface area (Å²) in [5.74, 6) is 0. The summed E-state index contributed by atoms with van der Waals surface area (Å²) in [5, 5.41) is 4.61. The van der Waals surface area contributed by atoms with E-state index in [-0.39, 0.29) is 0 Å². The highest BCUT2D eigenvalue weighted by molar-refractivity contribution is 14.1. The molecule has 0 atom stereocenters. The Kier molecular flexibility index (Phi) is 4.15. The fourth-order valence-electron chi connectivity index (χ4n) is 4.71. The number of fused-ring (bicyclic) bond motifs is 6. The zero-order valence-electron chi connectivity index (χ0n) is 17.5. The Morgan fingerprint density at radius 2 is 0.909 bits per heavy atom. The molecule has 2 heterocycles. The van der Waals surface area contributed by atoms with Crippen molar-refractivity contribution in [2.45, 2.75) is 0 Å². The third-order valence-electron chi connectivity index (χ3n) is 6.34. The normalized spacial score (nSPS) is 11.8. The Morgan fingerprint density at radius 3 is 1.61 bits per heavy atom. The van der Waals surface area contributed by atoms with Crippen molar-refractivity contribution >= 4 is 66.5 Å². The summed E-state index contributed by atoms with van der Waals surface area (Å²) in [5.41, 5.74) is 8.43. The molecule has 33 heavy (non-hydrogen) atoms. The van der Waals surface area contributed by atoms with E-state index in [4.69, 9.17) is 8.83 Å². The van der Waals surface area contributed by atoms with Crippen molar-refractivity contribution in [2.24, 2.45) is 0 Å². The number of para-hydroxylation sites is 1. The maximum atomic E-state index is 6.05. The van der Waals surface area contributed by atoms with Gasteiger partial charge in [-0.15, -0.1) is 0 Å². The van der Waals surface area contributed by atoms with Crippen molar-refractivity contribution in [2.75, 3.05) is 0 Å². The molecule has 0 spiro atoms. The zero-order valence-corrected chi connectivity index (χ0v) is 19.7. The molecule has 0 fully saturated rings. The third-order valence-corrected chi connectivity index (χ3v) is 7.01. The van der Waals surface area contributed by atoms with Crippen LogP contribution >= 0.6 is 22.6 Å². The monoisotopic (exact) mass is 536 g/mol. The van der Waals surface area contributed by atoms with Gasteiger partial charge in [-0.3, -0.25) is 0 Å². The van der Waals surface area contributed by atoms with E-state index in [1.807, 2.05) is 18.2 Å². The molecule has 0 N–H and O–H groups in total. The van der Waals surface area contributed by atoms with Crippen LogP contribution in [0.25, 0.3) is 66.1 Å². The lowest BCUT2D eigenvalue weighted by molar-refractivity contribution is 0.668. The summed E-state index contributed by atoms with van der Waals surface area (Å²) in [7, 11) is 0. The summed E-state index contributed by atoms with van der Waals surface area (Å²) < 4.78 is 13.3. The highest BCUT2D eigenvalue weighted by Crippen LogP contribution is 2.36. The SMILES string of the molecule is Ic1ccc2oc3ccc(-c4cccc(-c5ccc6oc7ccccc7c6c5)c4)cc3c2c1. The topological polar surface area (TPSA) is 26.3 Å². The second-order valence-corrected chi connectivity index (χ2v) is 9.59. The number of hydrogen-bond acceptors (Lipinski definition) is 2. The lowest BCUT2D eigenvalue weighted by Gasteiger charge is -2.07. The molecule has 0 bridgehead atoms. The molecule has 0 saturated carbocycles. The van der Waals surface area contributed by atoms with Gasteiger partial charge < -0.3 is 8.83 Å². The van der Waals surface area contributed by atoms with Crippen molar-refractivity contribution in [3.63, 3.8) is 0 Å². The quantitative estimate of drug-likeness (QED) is 0.206. The first-order valence-corrected chi connectivity index (χ1v) is 11.9. The first-order valence-electron chi connectivity index (χ1n) is 10.9. The van der Waals surface area contributed by atoms with Crippen LogP contribution in [0.5, 0.6) is 0 Å². The fraction of sp³-hybridized carbons (Fsp3) is 0. The second-order valence-electron chi connectivity index (χ2n) is 8.34. The van der Waals surface area contributed by atoms with Crippen molar-refractivity contribution < 1.29 is 8.83 Å². The van der Waals surface area contributed by atoms with Crippen LogP contribution in [0.4, 0.5) is 0 Å². The van der Waals surface area contributed by atoms with E-state index in [1.165, 1.54) is 25.8 Å². The fourth-order valence-corrected chi connectivity index (χ4v) is 5.20. The Morgan fingerprint density at radius 1 is 0.394 bits per heavy atom. The van der Waals surface area contributed by atoms with E-state index in [0.717, 1.165) is 43.9 Å². The second kappa shape index (κ2) is 7.22. The highest BCUT2D eigenvalue weighted by Gasteiger charge is 2.11. The molecule has 7 aromatic rings. The van der Waals surface area contributed by atoms with Gasteiger partial charge in [-0.25, -0.2) is 0 Å². The van der Waals surface area contributed by atoms with Crippen LogP contribution in [-0.2, 0) is 0 Å². The number of furan rings is 2. The van der Waals surface area contributed by atoms with Crippen LogP contribution in [0.1, 0.15) is 0 Å². The molecule has 5 aromatic carbocycles. The highest BCUT2D eigenvalue weighted by atomic mass is 127. The minimum absolute atomic E-state index is 0.919. The van der Waals surface area contributed by atoms with Gasteiger partial charge in [0, 0.05) is 25.1 Å². The molecule has 0 aliphatic rings. The molecule has 3 heteroatoms. The van der Waals surface area contributed by atoms with Gasteiger partial charge >= 0.3 is 0 Å². The van der Waals surface area contributed by atoms with E-state index in [1.54, 1.807) is 0 Å². The summed E-state index contributed by atoms with van der Waals surface area (Å²) >= 11 is 2.35. The van der Waals surface area contributed by atoms with E-state index < -0.39 is 0 Å². The summed E-state index contributed by atoms with van der Waals surface area (Å²) in [6, 6.07) is 36.1. The Balaban J connectivity index is 1.36. The molecule has 7 rings (SSSR count). The van der Waals surface area contributed by atoms with Crippen molar-refractivity contribution in [1.82, 2.24) is 0 Å². The molecule has 0 aliphatic heterocycles. The van der Waals surface area contributed by atoms with Gasteiger partial charge in [0.15, 0.2) is 0 Å². The zero-order chi connectivity index (χ0) is 21.9. The van der Waals surface area contributed by atoms with Gasteiger partial charge in [-0.2, -0.15) is 0 Å². The standard InChI is InChI=1S/C30H17IO2/c31-22-10-13-30-26(17-22)25-16-21(9-12-29(25)33-30)19-5-3-4-18(14-19)20-8-11-28-24(15-20)23-6-1-2-7-27(23)32-28/h1-17H. The Hall–Kier alpha value is -3.57. The van der Waals surface area contributed by atoms with Crippen LogP contribution in [0.3, 0.4) is 0 Å². The van der Waals surface area contributed by atoms with Crippen LogP contribution < -0.4 is 0 Å². The lowest BCUT2D eigenvalue weighted by Crippen LogP contribution is -1.82. The van der Waals surface area contributed by atoms with Crippen molar-refractivity contribution in [1.29, 1.82) is 0 Å². The predicted molar refractivity (Wildman–Crippen MR) is 145 cm³/mol. The van der Waals surface area contributed by atoms with Gasteiger partial charge in [-0.05, 0) is 99.4 Å². The van der Waals surface area contributed by atoms with Gasteiger partial charge in [0.25, 0.3) is 0 Å². The Labute approximate surface area is 203 Å². The predicted octanol–water partition coefficient (Wildman–Crippen LogP) is 9.42. The van der Waals surface area contributed by atoms with Crippen LogP contribution in [0.2, 0.25) is 0 Å². The number of benzene rings is 5. The van der Waals surface area contributed by atoms with E-state index in [0.29, 0.717) is 0 Å². The molecule has 0 aliphatic carbocycles. The molecule has 2 aromatic heterocycles.